The molecule has 0 aliphatic rings. The molecule has 0 heterocycles. The standard InChI is InChI=1S/C16H27NO/c1-5-7-10-17(14(4)6-2)16-9-8-15(12-18)13(3)11-16/h8-9,11,14,18H,5-7,10,12H2,1-4H3. The third-order valence-electron chi connectivity index (χ3n) is 3.70. The lowest BCUT2D eigenvalue weighted by Gasteiger charge is -2.31. The summed E-state index contributed by atoms with van der Waals surface area (Å²) in [6.07, 6.45) is 3.61. The maximum Gasteiger partial charge on any atom is 0.0684 e. The number of benzene rings is 1. The van der Waals surface area contributed by atoms with Crippen molar-refractivity contribution in [3.63, 3.8) is 0 Å². The number of rotatable bonds is 7. The fourth-order valence-corrected chi connectivity index (χ4v) is 2.19. The van der Waals surface area contributed by atoms with Crippen LogP contribution in [0, 0.1) is 6.92 Å². The summed E-state index contributed by atoms with van der Waals surface area (Å²) in [6.45, 7) is 10.1. The Morgan fingerprint density at radius 1 is 1.28 bits per heavy atom. The zero-order valence-corrected chi connectivity index (χ0v) is 12.2. The van der Waals surface area contributed by atoms with Gasteiger partial charge in [0.25, 0.3) is 0 Å². The number of anilines is 1. The van der Waals surface area contributed by atoms with Crippen molar-refractivity contribution in [3.05, 3.63) is 29.3 Å². The van der Waals surface area contributed by atoms with Crippen LogP contribution in [0.2, 0.25) is 0 Å². The lowest BCUT2D eigenvalue weighted by molar-refractivity contribution is 0.281. The third-order valence-corrected chi connectivity index (χ3v) is 3.70. The molecule has 0 aromatic heterocycles. The minimum absolute atomic E-state index is 0.129. The highest BCUT2D eigenvalue weighted by Crippen LogP contribution is 2.23. The van der Waals surface area contributed by atoms with Crippen LogP contribution >= 0.6 is 0 Å². The first-order valence-corrected chi connectivity index (χ1v) is 7.11. The monoisotopic (exact) mass is 249 g/mol. The van der Waals surface area contributed by atoms with Crippen LogP contribution in [0.15, 0.2) is 18.2 Å². The van der Waals surface area contributed by atoms with E-state index in [1.54, 1.807) is 0 Å². The van der Waals surface area contributed by atoms with E-state index in [-0.39, 0.29) is 6.61 Å². The van der Waals surface area contributed by atoms with Crippen molar-refractivity contribution < 1.29 is 5.11 Å². The molecule has 0 radical (unpaired) electrons. The lowest BCUT2D eigenvalue weighted by atomic mass is 10.1. The molecule has 1 aromatic carbocycles. The van der Waals surface area contributed by atoms with Gasteiger partial charge in [0.2, 0.25) is 0 Å². The van der Waals surface area contributed by atoms with Crippen molar-refractivity contribution in [2.24, 2.45) is 0 Å². The third kappa shape index (κ3) is 3.74. The van der Waals surface area contributed by atoms with Gasteiger partial charge in [0.15, 0.2) is 0 Å². The Bertz CT molecular complexity index is 362. The summed E-state index contributed by atoms with van der Waals surface area (Å²) in [6, 6.07) is 6.95. The predicted molar refractivity (Wildman–Crippen MR) is 79.1 cm³/mol. The summed E-state index contributed by atoms with van der Waals surface area (Å²) in [5.41, 5.74) is 3.49. The zero-order valence-electron chi connectivity index (χ0n) is 12.2. The quantitative estimate of drug-likeness (QED) is 0.792. The molecule has 1 aromatic rings. The van der Waals surface area contributed by atoms with Gasteiger partial charge in [0, 0.05) is 18.3 Å². The molecule has 1 N–H and O–H groups in total. The zero-order chi connectivity index (χ0) is 13.5. The fraction of sp³-hybridized carbons (Fsp3) is 0.625. The molecule has 18 heavy (non-hydrogen) atoms. The average molecular weight is 249 g/mol. The van der Waals surface area contributed by atoms with Gasteiger partial charge in [0.1, 0.15) is 0 Å². The molecule has 2 nitrogen and oxygen atoms in total. The number of aliphatic hydroxyl groups excluding tert-OH is 1. The van der Waals surface area contributed by atoms with Gasteiger partial charge < -0.3 is 10.0 Å². The first-order chi connectivity index (χ1) is 8.63. The second kappa shape index (κ2) is 7.42. The number of hydrogen-bond acceptors (Lipinski definition) is 2. The molecule has 0 aliphatic carbocycles. The number of nitrogens with zero attached hydrogens (tertiary/aromatic N) is 1. The Balaban J connectivity index is 2.93. The summed E-state index contributed by atoms with van der Waals surface area (Å²) >= 11 is 0. The molecule has 102 valence electrons. The van der Waals surface area contributed by atoms with E-state index >= 15 is 0 Å². The highest BCUT2D eigenvalue weighted by molar-refractivity contribution is 5.51. The van der Waals surface area contributed by atoms with Crippen molar-refractivity contribution >= 4 is 5.69 Å². The fourth-order valence-electron chi connectivity index (χ4n) is 2.19. The molecule has 2 heteroatoms. The number of aliphatic hydroxyl groups is 1. The largest absolute Gasteiger partial charge is 0.392 e. The SMILES string of the molecule is CCCCN(c1ccc(CO)c(C)c1)C(C)CC. The second-order valence-corrected chi connectivity index (χ2v) is 5.07. The van der Waals surface area contributed by atoms with E-state index in [9.17, 15) is 5.11 Å². The minimum atomic E-state index is 0.129. The van der Waals surface area contributed by atoms with Gasteiger partial charge in [0.05, 0.1) is 6.61 Å². The normalized spacial score (nSPS) is 12.5. The van der Waals surface area contributed by atoms with E-state index in [1.165, 1.54) is 24.1 Å². The Hall–Kier alpha value is -1.02. The van der Waals surface area contributed by atoms with Crippen LogP contribution in [-0.2, 0) is 6.61 Å². The molecular formula is C16H27NO. The van der Waals surface area contributed by atoms with Crippen molar-refractivity contribution in [2.45, 2.75) is 59.6 Å². The summed E-state index contributed by atoms with van der Waals surface area (Å²) in [7, 11) is 0. The van der Waals surface area contributed by atoms with Crippen LogP contribution in [0.1, 0.15) is 51.2 Å². The van der Waals surface area contributed by atoms with Gasteiger partial charge in [-0.15, -0.1) is 0 Å². The molecule has 0 spiro atoms. The number of hydrogen-bond donors (Lipinski definition) is 1. The van der Waals surface area contributed by atoms with Crippen LogP contribution in [0.5, 0.6) is 0 Å². The van der Waals surface area contributed by atoms with Gasteiger partial charge >= 0.3 is 0 Å². The Morgan fingerprint density at radius 3 is 2.50 bits per heavy atom. The molecule has 0 fully saturated rings. The van der Waals surface area contributed by atoms with E-state index in [0.717, 1.165) is 18.5 Å². The number of unbranched alkanes of at least 4 members (excludes halogenated alkanes) is 1. The van der Waals surface area contributed by atoms with Crippen molar-refractivity contribution in [1.82, 2.24) is 0 Å². The van der Waals surface area contributed by atoms with E-state index in [4.69, 9.17) is 0 Å². The van der Waals surface area contributed by atoms with E-state index in [0.29, 0.717) is 6.04 Å². The van der Waals surface area contributed by atoms with E-state index < -0.39 is 0 Å². The first-order valence-electron chi connectivity index (χ1n) is 7.11. The highest BCUT2D eigenvalue weighted by atomic mass is 16.3. The maximum atomic E-state index is 9.23. The first kappa shape index (κ1) is 15.0. The van der Waals surface area contributed by atoms with Gasteiger partial charge in [-0.25, -0.2) is 0 Å². The van der Waals surface area contributed by atoms with Crippen LogP contribution in [0.4, 0.5) is 5.69 Å². The van der Waals surface area contributed by atoms with Crippen molar-refractivity contribution in [2.75, 3.05) is 11.4 Å². The summed E-state index contributed by atoms with van der Waals surface area (Å²) < 4.78 is 0. The summed E-state index contributed by atoms with van der Waals surface area (Å²) in [5.74, 6) is 0. The van der Waals surface area contributed by atoms with Crippen LogP contribution in [0.25, 0.3) is 0 Å². The van der Waals surface area contributed by atoms with Gasteiger partial charge in [-0.2, -0.15) is 0 Å². The van der Waals surface area contributed by atoms with Crippen molar-refractivity contribution in [1.29, 1.82) is 0 Å². The maximum absolute atomic E-state index is 9.23. The molecule has 1 unspecified atom stereocenters. The van der Waals surface area contributed by atoms with E-state index in [1.807, 2.05) is 6.07 Å². The molecule has 0 saturated heterocycles. The smallest absolute Gasteiger partial charge is 0.0684 e. The molecule has 1 rings (SSSR count). The summed E-state index contributed by atoms with van der Waals surface area (Å²) in [4.78, 5) is 2.48. The molecule has 1 atom stereocenters. The second-order valence-electron chi connectivity index (χ2n) is 5.07. The molecule has 0 bridgehead atoms. The van der Waals surface area contributed by atoms with Crippen LogP contribution in [0.3, 0.4) is 0 Å². The molecule has 0 amide bonds. The lowest BCUT2D eigenvalue weighted by Crippen LogP contribution is -2.33. The van der Waals surface area contributed by atoms with E-state index in [2.05, 4.69) is 44.7 Å². The highest BCUT2D eigenvalue weighted by Gasteiger charge is 2.13. The van der Waals surface area contributed by atoms with Gasteiger partial charge in [-0.3, -0.25) is 0 Å². The topological polar surface area (TPSA) is 23.5 Å². The molecular weight excluding hydrogens is 222 g/mol. The van der Waals surface area contributed by atoms with Gasteiger partial charge in [-0.05, 0) is 49.9 Å². The Kier molecular flexibility index (Phi) is 6.20. The average Bonchev–Trinajstić information content (AvgIpc) is 2.39. The predicted octanol–water partition coefficient (Wildman–Crippen LogP) is 3.89. The van der Waals surface area contributed by atoms with Crippen LogP contribution < -0.4 is 4.90 Å². The molecule has 0 aliphatic heterocycles. The van der Waals surface area contributed by atoms with Crippen LogP contribution in [-0.4, -0.2) is 17.7 Å². The Morgan fingerprint density at radius 2 is 2.00 bits per heavy atom. The molecule has 0 saturated carbocycles. The minimum Gasteiger partial charge on any atom is -0.392 e. The number of aryl methyl sites for hydroxylation is 1. The Labute approximate surface area is 112 Å². The summed E-state index contributed by atoms with van der Waals surface area (Å²) in [5, 5.41) is 9.23. The van der Waals surface area contributed by atoms with Gasteiger partial charge in [-0.1, -0.05) is 26.3 Å². The van der Waals surface area contributed by atoms with Crippen molar-refractivity contribution in [3.8, 4) is 0 Å².